The predicted molar refractivity (Wildman–Crippen MR) is 195 cm³/mol. The van der Waals surface area contributed by atoms with E-state index in [1.807, 2.05) is 42.5 Å². The average molecular weight is 731 g/mol. The summed E-state index contributed by atoms with van der Waals surface area (Å²) in [6, 6.07) is 17.1. The van der Waals surface area contributed by atoms with Crippen LogP contribution in [0.2, 0.25) is 0 Å². The van der Waals surface area contributed by atoms with Crippen molar-refractivity contribution < 1.29 is 32.4 Å². The molecule has 0 spiro atoms. The lowest BCUT2D eigenvalue weighted by Gasteiger charge is -2.30. The number of likely N-dealkylation sites (tertiary alicyclic amines) is 1. The maximum absolute atomic E-state index is 13.9. The number of carbonyl (C=O) groups excluding carboxylic acids is 5. The molecule has 3 heterocycles. The van der Waals surface area contributed by atoms with Gasteiger partial charge in [0.1, 0.15) is 6.04 Å². The Morgan fingerprint density at radius 1 is 0.885 bits per heavy atom. The van der Waals surface area contributed by atoms with Crippen LogP contribution in [-0.2, 0) is 35.6 Å². The van der Waals surface area contributed by atoms with Crippen molar-refractivity contribution in [3.63, 3.8) is 0 Å². The van der Waals surface area contributed by atoms with E-state index in [1.54, 1.807) is 0 Å². The summed E-state index contributed by atoms with van der Waals surface area (Å²) in [6.45, 7) is 1.91. The van der Waals surface area contributed by atoms with Gasteiger partial charge >= 0.3 is 0 Å². The van der Waals surface area contributed by atoms with Gasteiger partial charge in [0, 0.05) is 51.3 Å². The maximum Gasteiger partial charge on any atom is 0.254 e. The fourth-order valence-electron chi connectivity index (χ4n) is 7.41. The third kappa shape index (κ3) is 8.61. The van der Waals surface area contributed by atoms with Crippen LogP contribution in [0.15, 0.2) is 71.6 Å². The van der Waals surface area contributed by atoms with Crippen molar-refractivity contribution >= 4 is 50.1 Å². The standard InChI is InChI=1S/C38H46N6O7S/c1-41-24-36(47)44-22-30(40-34(45)23-43-16-5-6-17-43)20-31(44)25-52(50,51)32-11-7-10-29(19-32)38(49)42(2)33(14-15-35(41)46)37(48)39-21-26-12-13-27-8-3-4-9-28(27)18-26/h3-4,7-13,18-19,30-31,33H,5-6,14-17,20-25H2,1-2H3,(H,39,48)(H,40,45)/t30-,31+,33+/m1/s1. The number of benzene rings is 3. The van der Waals surface area contributed by atoms with Crippen LogP contribution in [0.25, 0.3) is 10.8 Å². The van der Waals surface area contributed by atoms with E-state index in [4.69, 9.17) is 0 Å². The van der Waals surface area contributed by atoms with Crippen LogP contribution >= 0.6 is 0 Å². The van der Waals surface area contributed by atoms with E-state index in [9.17, 15) is 32.4 Å². The van der Waals surface area contributed by atoms with E-state index in [0.717, 1.165) is 42.3 Å². The molecule has 14 heteroatoms. The van der Waals surface area contributed by atoms with E-state index in [2.05, 4.69) is 15.5 Å². The molecule has 2 bridgehead atoms. The number of sulfone groups is 1. The molecule has 2 fully saturated rings. The molecule has 276 valence electrons. The predicted octanol–water partition coefficient (Wildman–Crippen LogP) is 1.80. The molecule has 52 heavy (non-hydrogen) atoms. The van der Waals surface area contributed by atoms with Crippen LogP contribution in [0, 0.1) is 0 Å². The molecule has 0 unspecified atom stereocenters. The van der Waals surface area contributed by atoms with E-state index in [-0.39, 0.29) is 61.8 Å². The van der Waals surface area contributed by atoms with Gasteiger partial charge in [-0.05, 0) is 79.4 Å². The quantitative estimate of drug-likeness (QED) is 0.389. The van der Waals surface area contributed by atoms with Crippen LogP contribution in [-0.4, -0.2) is 128 Å². The number of nitrogens with one attached hydrogen (secondary N) is 2. The molecular formula is C38H46N6O7S. The van der Waals surface area contributed by atoms with Crippen LogP contribution in [0.5, 0.6) is 0 Å². The second-order valence-corrected chi connectivity index (χ2v) is 16.1. The third-order valence-corrected chi connectivity index (χ3v) is 12.1. The highest BCUT2D eigenvalue weighted by Gasteiger charge is 2.40. The summed E-state index contributed by atoms with van der Waals surface area (Å²) in [5.74, 6) is -2.51. The summed E-state index contributed by atoms with van der Waals surface area (Å²) in [5, 5.41) is 7.97. The van der Waals surface area contributed by atoms with Crippen LogP contribution in [0.3, 0.4) is 0 Å². The zero-order valence-electron chi connectivity index (χ0n) is 29.6. The van der Waals surface area contributed by atoms with Gasteiger partial charge in [0.2, 0.25) is 23.6 Å². The van der Waals surface area contributed by atoms with Gasteiger partial charge in [-0.15, -0.1) is 0 Å². The minimum absolute atomic E-state index is 0.0292. The Labute approximate surface area is 304 Å². The molecule has 13 nitrogen and oxygen atoms in total. The molecular weight excluding hydrogens is 685 g/mol. The fraction of sp³-hybridized carbons (Fsp3) is 0.447. The van der Waals surface area contributed by atoms with E-state index in [0.29, 0.717) is 0 Å². The largest absolute Gasteiger partial charge is 0.350 e. The molecule has 0 radical (unpaired) electrons. The molecule has 3 aromatic rings. The smallest absolute Gasteiger partial charge is 0.254 e. The third-order valence-electron chi connectivity index (χ3n) is 10.3. The van der Waals surface area contributed by atoms with Gasteiger partial charge in [-0.2, -0.15) is 0 Å². The number of rotatable bonds is 6. The number of hydrogen-bond acceptors (Lipinski definition) is 8. The van der Waals surface area contributed by atoms with E-state index >= 15 is 0 Å². The van der Waals surface area contributed by atoms with Crippen LogP contribution < -0.4 is 10.6 Å². The number of likely N-dealkylation sites (N-methyl/N-ethyl adjacent to an activating group) is 2. The highest BCUT2D eigenvalue weighted by Crippen LogP contribution is 2.25. The summed E-state index contributed by atoms with van der Waals surface area (Å²) < 4.78 is 27.7. The molecule has 2 saturated heterocycles. The van der Waals surface area contributed by atoms with Crippen molar-refractivity contribution in [3.8, 4) is 0 Å². The normalized spacial score (nSPS) is 23.2. The Bertz CT molecular complexity index is 1960. The second kappa shape index (κ2) is 15.8. The molecule has 3 aromatic carbocycles. The number of nitrogens with zero attached hydrogens (tertiary/aromatic N) is 4. The minimum Gasteiger partial charge on any atom is -0.350 e. The van der Waals surface area contributed by atoms with Gasteiger partial charge in [-0.25, -0.2) is 8.42 Å². The fourth-order valence-corrected chi connectivity index (χ4v) is 9.02. The molecule has 3 atom stereocenters. The number of hydrogen-bond donors (Lipinski definition) is 2. The monoisotopic (exact) mass is 730 g/mol. The van der Waals surface area contributed by atoms with Gasteiger partial charge in [-0.1, -0.05) is 42.5 Å². The van der Waals surface area contributed by atoms with Gasteiger partial charge in [0.15, 0.2) is 9.84 Å². The Hall–Kier alpha value is -4.82. The van der Waals surface area contributed by atoms with Crippen molar-refractivity contribution in [2.24, 2.45) is 0 Å². The lowest BCUT2D eigenvalue weighted by Crippen LogP contribution is -2.49. The topological polar surface area (TPSA) is 157 Å². The van der Waals surface area contributed by atoms with Crippen molar-refractivity contribution in [3.05, 3.63) is 77.9 Å². The van der Waals surface area contributed by atoms with Gasteiger partial charge in [0.05, 0.1) is 23.7 Å². The Kier molecular flexibility index (Phi) is 11.2. The zero-order chi connectivity index (χ0) is 37.0. The first-order valence-electron chi connectivity index (χ1n) is 17.8. The molecule has 0 aromatic heterocycles. The summed E-state index contributed by atoms with van der Waals surface area (Å²) in [7, 11) is -1.09. The number of fused-ring (bicyclic) bond motifs is 4. The first-order chi connectivity index (χ1) is 24.9. The van der Waals surface area contributed by atoms with Crippen molar-refractivity contribution in [2.45, 2.75) is 61.7 Å². The van der Waals surface area contributed by atoms with Crippen molar-refractivity contribution in [1.82, 2.24) is 30.2 Å². The van der Waals surface area contributed by atoms with E-state index in [1.165, 1.54) is 53.1 Å². The van der Waals surface area contributed by atoms with Gasteiger partial charge < -0.3 is 25.3 Å². The average Bonchev–Trinajstić information content (AvgIpc) is 3.79. The van der Waals surface area contributed by atoms with Crippen LogP contribution in [0.1, 0.15) is 48.0 Å². The summed E-state index contributed by atoms with van der Waals surface area (Å²) in [5.41, 5.74) is 0.924. The maximum atomic E-state index is 13.9. The number of carbonyl (C=O) groups is 5. The lowest BCUT2D eigenvalue weighted by atomic mass is 10.1. The molecule has 5 amide bonds. The van der Waals surface area contributed by atoms with Crippen molar-refractivity contribution in [2.75, 3.05) is 52.6 Å². The molecule has 0 aliphatic carbocycles. The van der Waals surface area contributed by atoms with Crippen LogP contribution in [0.4, 0.5) is 0 Å². The molecule has 0 saturated carbocycles. The molecule has 3 aliphatic rings. The molecule has 2 N–H and O–H groups in total. The van der Waals surface area contributed by atoms with Crippen molar-refractivity contribution in [1.29, 1.82) is 0 Å². The minimum atomic E-state index is -4.03. The first kappa shape index (κ1) is 37.0. The molecule has 3 aliphatic heterocycles. The highest BCUT2D eigenvalue weighted by molar-refractivity contribution is 7.91. The van der Waals surface area contributed by atoms with Gasteiger partial charge in [0.25, 0.3) is 5.91 Å². The summed E-state index contributed by atoms with van der Waals surface area (Å²) in [6.07, 6.45) is 2.15. The Balaban J connectivity index is 1.22. The SMILES string of the molecule is CN1CC(=O)N2C[C@H](NC(=O)CN3CCCC3)C[C@H]2CS(=O)(=O)c2cccc(c2)C(=O)N(C)[C@H](C(=O)NCc2ccc3ccccc3c2)CCC1=O. The Morgan fingerprint density at radius 2 is 1.63 bits per heavy atom. The molecule has 6 rings (SSSR count). The summed E-state index contributed by atoms with van der Waals surface area (Å²) >= 11 is 0. The highest BCUT2D eigenvalue weighted by atomic mass is 32.2. The Morgan fingerprint density at radius 3 is 2.40 bits per heavy atom. The summed E-state index contributed by atoms with van der Waals surface area (Å²) in [4.78, 5) is 73.4. The number of amides is 5. The first-order valence-corrected chi connectivity index (χ1v) is 19.4. The zero-order valence-corrected chi connectivity index (χ0v) is 30.4. The van der Waals surface area contributed by atoms with Gasteiger partial charge in [-0.3, -0.25) is 28.9 Å². The lowest BCUT2D eigenvalue weighted by molar-refractivity contribution is -0.140. The second-order valence-electron chi connectivity index (χ2n) is 14.1. The van der Waals surface area contributed by atoms with E-state index < -0.39 is 57.3 Å².